The van der Waals surface area contributed by atoms with Crippen LogP contribution in [-0.2, 0) is 0 Å². The number of nitrogens with zero attached hydrogens (tertiary/aromatic N) is 2. The van der Waals surface area contributed by atoms with Crippen molar-refractivity contribution in [2.75, 3.05) is 28.8 Å². The third-order valence-electron chi connectivity index (χ3n) is 6.46. The van der Waals surface area contributed by atoms with Crippen LogP contribution in [0.3, 0.4) is 0 Å². The number of hydrogen-bond donors (Lipinski definition) is 3. The third kappa shape index (κ3) is 3.75. The van der Waals surface area contributed by atoms with Crippen molar-refractivity contribution in [1.82, 2.24) is 10.3 Å². The molecule has 0 bridgehead atoms. The Morgan fingerprint density at radius 3 is 2.47 bits per heavy atom. The maximum Gasteiger partial charge on any atom is 0.255 e. The van der Waals surface area contributed by atoms with E-state index in [-0.39, 0.29) is 11.8 Å². The Bertz CT molecular complexity index is 1400. The topological polar surface area (TPSA) is 80.5 Å². The number of benzene rings is 3. The van der Waals surface area contributed by atoms with E-state index in [1.54, 1.807) is 0 Å². The molecule has 0 atom stereocenters. The maximum absolute atomic E-state index is 12.8. The molecule has 3 N–H and O–H groups in total. The van der Waals surface area contributed by atoms with E-state index in [0.29, 0.717) is 23.8 Å². The molecular weight excluding hydrogens is 426 g/mol. The first-order valence-corrected chi connectivity index (χ1v) is 11.5. The van der Waals surface area contributed by atoms with Gasteiger partial charge in [-0.3, -0.25) is 9.59 Å². The number of carbonyl (C=O) groups excluding carboxylic acids is 2. The number of amides is 2. The first-order chi connectivity index (χ1) is 16.5. The van der Waals surface area contributed by atoms with E-state index >= 15 is 0 Å². The summed E-state index contributed by atoms with van der Waals surface area (Å²) in [7, 11) is 2.03. The molecule has 1 saturated carbocycles. The number of aromatic nitrogens is 1. The summed E-state index contributed by atoms with van der Waals surface area (Å²) in [6.07, 6.45) is 4.02. The first kappa shape index (κ1) is 20.4. The molecule has 6 rings (SSSR count). The van der Waals surface area contributed by atoms with Crippen LogP contribution < -0.4 is 20.4 Å². The predicted octanol–water partition coefficient (Wildman–Crippen LogP) is 4.86. The number of anilines is 4. The second kappa shape index (κ2) is 7.95. The number of carbonyl (C=O) groups is 2. The van der Waals surface area contributed by atoms with Crippen LogP contribution in [0.25, 0.3) is 10.9 Å². The highest BCUT2D eigenvalue weighted by molar-refractivity contribution is 6.06. The van der Waals surface area contributed by atoms with E-state index in [4.69, 9.17) is 0 Å². The van der Waals surface area contributed by atoms with Crippen LogP contribution in [0, 0.1) is 0 Å². The fraction of sp³-hybridized carbons (Fsp3) is 0.185. The number of nitrogens with one attached hydrogen (secondary N) is 3. The molecule has 2 heterocycles. The summed E-state index contributed by atoms with van der Waals surface area (Å²) in [5.74, 6) is -0.155. The summed E-state index contributed by atoms with van der Waals surface area (Å²) >= 11 is 0. The number of rotatable bonds is 5. The largest absolute Gasteiger partial charge is 0.361 e. The number of hydrogen-bond acceptors (Lipinski definition) is 4. The summed E-state index contributed by atoms with van der Waals surface area (Å²) < 4.78 is 0. The van der Waals surface area contributed by atoms with Crippen molar-refractivity contribution in [3.05, 3.63) is 84.1 Å². The van der Waals surface area contributed by atoms with Crippen molar-refractivity contribution in [3.8, 4) is 0 Å². The zero-order valence-electron chi connectivity index (χ0n) is 18.8. The van der Waals surface area contributed by atoms with Gasteiger partial charge in [0.25, 0.3) is 11.8 Å². The van der Waals surface area contributed by atoms with E-state index in [2.05, 4.69) is 25.4 Å². The van der Waals surface area contributed by atoms with Crippen LogP contribution in [0.2, 0.25) is 0 Å². The van der Waals surface area contributed by atoms with E-state index in [1.807, 2.05) is 80.0 Å². The highest BCUT2D eigenvalue weighted by atomic mass is 16.2. The molecule has 0 unspecified atom stereocenters. The van der Waals surface area contributed by atoms with Gasteiger partial charge >= 0.3 is 0 Å². The molecule has 0 saturated heterocycles. The zero-order valence-corrected chi connectivity index (χ0v) is 18.8. The van der Waals surface area contributed by atoms with Crippen molar-refractivity contribution in [3.63, 3.8) is 0 Å². The minimum atomic E-state index is -0.144. The summed E-state index contributed by atoms with van der Waals surface area (Å²) in [5.41, 5.74) is 6.08. The van der Waals surface area contributed by atoms with Gasteiger partial charge in [0.1, 0.15) is 0 Å². The summed E-state index contributed by atoms with van der Waals surface area (Å²) in [4.78, 5) is 32.6. The Morgan fingerprint density at radius 1 is 0.882 bits per heavy atom. The Morgan fingerprint density at radius 2 is 1.68 bits per heavy atom. The van der Waals surface area contributed by atoms with E-state index in [9.17, 15) is 9.59 Å². The molecule has 1 aliphatic carbocycles. The highest BCUT2D eigenvalue weighted by Gasteiger charge is 2.26. The van der Waals surface area contributed by atoms with Gasteiger partial charge in [0, 0.05) is 47.3 Å². The monoisotopic (exact) mass is 451 g/mol. The van der Waals surface area contributed by atoms with Crippen LogP contribution >= 0.6 is 0 Å². The van der Waals surface area contributed by atoms with Crippen LogP contribution in [0.5, 0.6) is 0 Å². The van der Waals surface area contributed by atoms with Gasteiger partial charge in [-0.25, -0.2) is 0 Å². The Hall–Kier alpha value is -4.26. The molecule has 7 nitrogen and oxygen atoms in total. The van der Waals surface area contributed by atoms with Crippen LogP contribution in [0.1, 0.15) is 33.6 Å². The van der Waals surface area contributed by atoms with Gasteiger partial charge in [-0.2, -0.15) is 0 Å². The van der Waals surface area contributed by atoms with Gasteiger partial charge in [-0.05, 0) is 78.9 Å². The van der Waals surface area contributed by atoms with Crippen molar-refractivity contribution in [2.45, 2.75) is 18.9 Å². The lowest BCUT2D eigenvalue weighted by atomic mass is 10.1. The molecule has 1 aromatic heterocycles. The van der Waals surface area contributed by atoms with Gasteiger partial charge < -0.3 is 25.4 Å². The van der Waals surface area contributed by atoms with Gasteiger partial charge in [0.05, 0.1) is 18.0 Å². The lowest BCUT2D eigenvalue weighted by Gasteiger charge is -2.19. The van der Waals surface area contributed by atoms with Crippen LogP contribution in [0.15, 0.2) is 72.9 Å². The molecule has 3 aromatic carbocycles. The molecule has 7 heteroatoms. The smallest absolute Gasteiger partial charge is 0.255 e. The van der Waals surface area contributed by atoms with E-state index in [1.165, 1.54) is 0 Å². The first-order valence-electron chi connectivity index (χ1n) is 11.5. The molecule has 1 fully saturated rings. The number of fused-ring (bicyclic) bond motifs is 2. The van der Waals surface area contributed by atoms with Crippen molar-refractivity contribution in [1.29, 1.82) is 0 Å². The molecule has 2 aliphatic rings. The maximum atomic E-state index is 12.8. The zero-order chi connectivity index (χ0) is 23.2. The van der Waals surface area contributed by atoms with Gasteiger partial charge in [0.2, 0.25) is 0 Å². The van der Waals surface area contributed by atoms with Crippen LogP contribution in [0.4, 0.5) is 22.7 Å². The molecular formula is C27H25N5O2. The molecule has 1 aliphatic heterocycles. The fourth-order valence-corrected chi connectivity index (χ4v) is 4.40. The standard InChI is InChI=1S/C27H25N5O2/c1-31-16-32(22-9-4-18(5-10-22)26(33)29-20-6-7-20)24-11-8-21(15-25(24)31)30-27(34)19-3-2-17-12-13-28-23(17)14-19/h2-5,8-15,20,28H,6-7,16H2,1H3,(H,29,33)(H,30,34). The molecule has 0 spiro atoms. The minimum Gasteiger partial charge on any atom is -0.361 e. The SMILES string of the molecule is CN1CN(c2ccc(C(=O)NC3CC3)cc2)c2ccc(NC(=O)c3ccc4cc[nH]c4c3)cc21. The lowest BCUT2D eigenvalue weighted by molar-refractivity contribution is 0.0950. The number of aromatic amines is 1. The Kier molecular flexibility index (Phi) is 4.76. The van der Waals surface area contributed by atoms with Crippen molar-refractivity contribution in [2.24, 2.45) is 0 Å². The summed E-state index contributed by atoms with van der Waals surface area (Å²) in [6, 6.07) is 21.6. The van der Waals surface area contributed by atoms with Crippen molar-refractivity contribution < 1.29 is 9.59 Å². The quantitative estimate of drug-likeness (QED) is 0.405. The molecule has 170 valence electrons. The minimum absolute atomic E-state index is 0.0104. The molecule has 2 amide bonds. The van der Waals surface area contributed by atoms with Crippen LogP contribution in [-0.4, -0.2) is 36.6 Å². The number of H-pyrrole nitrogens is 1. The summed E-state index contributed by atoms with van der Waals surface area (Å²) in [6.45, 7) is 0.684. The predicted molar refractivity (Wildman–Crippen MR) is 135 cm³/mol. The highest BCUT2D eigenvalue weighted by Crippen LogP contribution is 2.41. The van der Waals surface area contributed by atoms with E-state index in [0.717, 1.165) is 46.5 Å². The Labute approximate surface area is 197 Å². The Balaban J connectivity index is 1.20. The molecule has 0 radical (unpaired) electrons. The van der Waals surface area contributed by atoms with Gasteiger partial charge in [0.15, 0.2) is 0 Å². The molecule has 4 aromatic rings. The lowest BCUT2D eigenvalue weighted by Crippen LogP contribution is -2.26. The molecule has 34 heavy (non-hydrogen) atoms. The normalized spacial score (nSPS) is 14.9. The average molecular weight is 452 g/mol. The van der Waals surface area contributed by atoms with Gasteiger partial charge in [-0.1, -0.05) is 6.07 Å². The van der Waals surface area contributed by atoms with Gasteiger partial charge in [-0.15, -0.1) is 0 Å². The summed E-state index contributed by atoms with van der Waals surface area (Å²) in [5, 5.41) is 7.12. The second-order valence-electron chi connectivity index (χ2n) is 9.00. The average Bonchev–Trinajstić information content (AvgIpc) is 3.43. The second-order valence-corrected chi connectivity index (χ2v) is 9.00. The van der Waals surface area contributed by atoms with E-state index < -0.39 is 0 Å². The fourth-order valence-electron chi connectivity index (χ4n) is 4.40. The third-order valence-corrected chi connectivity index (χ3v) is 6.46. The van der Waals surface area contributed by atoms with Crippen molar-refractivity contribution >= 4 is 45.5 Å².